The summed E-state index contributed by atoms with van der Waals surface area (Å²) in [5.74, 6) is -1.28. The van der Waals surface area contributed by atoms with E-state index in [9.17, 15) is 4.79 Å². The monoisotopic (exact) mass is 255 g/mol. The predicted octanol–water partition coefficient (Wildman–Crippen LogP) is 0.899. The van der Waals surface area contributed by atoms with Crippen molar-refractivity contribution in [3.05, 3.63) is 29.8 Å². The molecule has 0 aliphatic carbocycles. The fourth-order valence-corrected chi connectivity index (χ4v) is 0.990. The van der Waals surface area contributed by atoms with Crippen LogP contribution in [0.5, 0.6) is 0 Å². The van der Waals surface area contributed by atoms with Crippen LogP contribution in [0.1, 0.15) is 23.7 Å². The van der Waals surface area contributed by atoms with Crippen molar-refractivity contribution in [3.8, 4) is 0 Å². The molecule has 0 unspecified atom stereocenters. The highest BCUT2D eigenvalue weighted by Crippen LogP contribution is 2.11. The molecule has 1 aromatic rings. The van der Waals surface area contributed by atoms with Gasteiger partial charge in [0.05, 0.1) is 12.2 Å². The number of hydrogen-bond donors (Lipinski definition) is 3. The second-order valence-electron chi connectivity index (χ2n) is 3.32. The molecule has 0 heterocycles. The Kier molecular flexibility index (Phi) is 7.96. The van der Waals surface area contributed by atoms with E-state index in [1.165, 1.54) is 0 Å². The summed E-state index contributed by atoms with van der Waals surface area (Å²) in [6, 6.07) is 6.72. The number of hydrogen-bond acceptors (Lipinski definition) is 5. The SMILES string of the molecule is CC(=O)O.Nc1ccccc1C(=O)OCCCO. The summed E-state index contributed by atoms with van der Waals surface area (Å²) in [5.41, 5.74) is 6.35. The highest BCUT2D eigenvalue weighted by atomic mass is 16.5. The van der Waals surface area contributed by atoms with E-state index in [2.05, 4.69) is 0 Å². The van der Waals surface area contributed by atoms with Crippen LogP contribution in [-0.2, 0) is 9.53 Å². The summed E-state index contributed by atoms with van der Waals surface area (Å²) in [4.78, 5) is 20.4. The Morgan fingerprint density at radius 1 is 1.33 bits per heavy atom. The predicted molar refractivity (Wildman–Crippen MR) is 66.1 cm³/mol. The van der Waals surface area contributed by atoms with E-state index >= 15 is 0 Å². The normalized spacial score (nSPS) is 9.00. The number of carbonyl (C=O) groups is 2. The van der Waals surface area contributed by atoms with E-state index in [4.69, 9.17) is 25.5 Å². The van der Waals surface area contributed by atoms with Crippen molar-refractivity contribution in [2.24, 2.45) is 0 Å². The minimum atomic E-state index is -0.833. The van der Waals surface area contributed by atoms with E-state index in [1.54, 1.807) is 24.3 Å². The molecule has 0 bridgehead atoms. The van der Waals surface area contributed by atoms with Gasteiger partial charge in [0.1, 0.15) is 0 Å². The molecule has 0 aliphatic rings. The molecule has 0 saturated carbocycles. The number of rotatable bonds is 4. The Morgan fingerprint density at radius 2 is 1.89 bits per heavy atom. The molecule has 100 valence electrons. The highest BCUT2D eigenvalue weighted by molar-refractivity contribution is 5.94. The number of aliphatic carboxylic acids is 1. The summed E-state index contributed by atoms with van der Waals surface area (Å²) in [6.07, 6.45) is 0.443. The van der Waals surface area contributed by atoms with Crippen LogP contribution in [0.3, 0.4) is 0 Å². The Bertz CT molecular complexity index is 388. The number of carbonyl (C=O) groups excluding carboxylic acids is 1. The molecule has 0 fully saturated rings. The first-order valence-corrected chi connectivity index (χ1v) is 5.31. The van der Waals surface area contributed by atoms with E-state index in [0.717, 1.165) is 6.92 Å². The number of para-hydroxylation sites is 1. The Hall–Kier alpha value is -2.08. The number of benzene rings is 1. The number of aliphatic hydroxyl groups is 1. The second kappa shape index (κ2) is 9.00. The van der Waals surface area contributed by atoms with Gasteiger partial charge in [-0.1, -0.05) is 12.1 Å². The van der Waals surface area contributed by atoms with Crippen LogP contribution in [0.4, 0.5) is 5.69 Å². The third-order valence-electron chi connectivity index (χ3n) is 1.72. The number of carboxylic acids is 1. The topological polar surface area (TPSA) is 110 Å². The zero-order chi connectivity index (χ0) is 14.0. The first kappa shape index (κ1) is 15.9. The Labute approximate surface area is 105 Å². The van der Waals surface area contributed by atoms with Gasteiger partial charge in [0.2, 0.25) is 0 Å². The van der Waals surface area contributed by atoms with Crippen molar-refractivity contribution in [1.82, 2.24) is 0 Å². The zero-order valence-electron chi connectivity index (χ0n) is 10.1. The van der Waals surface area contributed by atoms with Crippen molar-refractivity contribution in [2.75, 3.05) is 18.9 Å². The standard InChI is InChI=1S/C10H13NO3.C2H4O2/c11-9-5-2-1-4-8(9)10(13)14-7-3-6-12;1-2(3)4/h1-2,4-5,12H,3,6-7,11H2;1H3,(H,3,4). The molecule has 4 N–H and O–H groups in total. The van der Waals surface area contributed by atoms with Gasteiger partial charge in [-0.25, -0.2) is 4.79 Å². The fourth-order valence-electron chi connectivity index (χ4n) is 0.990. The number of nitrogen functional groups attached to an aromatic ring is 1. The van der Waals surface area contributed by atoms with Gasteiger partial charge in [-0.05, 0) is 12.1 Å². The number of ether oxygens (including phenoxy) is 1. The molecule has 0 amide bonds. The van der Waals surface area contributed by atoms with Crippen LogP contribution >= 0.6 is 0 Å². The second-order valence-corrected chi connectivity index (χ2v) is 3.32. The molecule has 18 heavy (non-hydrogen) atoms. The maximum atomic E-state index is 11.4. The van der Waals surface area contributed by atoms with E-state index in [1.807, 2.05) is 0 Å². The summed E-state index contributed by atoms with van der Waals surface area (Å²) < 4.78 is 4.87. The zero-order valence-corrected chi connectivity index (χ0v) is 10.1. The Morgan fingerprint density at radius 3 is 2.39 bits per heavy atom. The van der Waals surface area contributed by atoms with Crippen LogP contribution in [0.15, 0.2) is 24.3 Å². The van der Waals surface area contributed by atoms with Crippen molar-refractivity contribution in [1.29, 1.82) is 0 Å². The molecular weight excluding hydrogens is 238 g/mol. The molecule has 6 nitrogen and oxygen atoms in total. The minimum Gasteiger partial charge on any atom is -0.481 e. The quantitative estimate of drug-likeness (QED) is 0.419. The lowest BCUT2D eigenvalue weighted by molar-refractivity contribution is -0.134. The van der Waals surface area contributed by atoms with E-state index in [0.29, 0.717) is 17.7 Å². The maximum absolute atomic E-state index is 11.4. The van der Waals surface area contributed by atoms with Gasteiger partial charge in [-0.3, -0.25) is 4.79 Å². The van der Waals surface area contributed by atoms with Crippen LogP contribution < -0.4 is 5.73 Å². The summed E-state index contributed by atoms with van der Waals surface area (Å²) >= 11 is 0. The molecule has 0 atom stereocenters. The van der Waals surface area contributed by atoms with E-state index < -0.39 is 11.9 Å². The molecule has 0 aromatic heterocycles. The number of nitrogens with two attached hydrogens (primary N) is 1. The summed E-state index contributed by atoms with van der Waals surface area (Å²) in [5, 5.41) is 15.9. The van der Waals surface area contributed by atoms with Crippen LogP contribution in [0.2, 0.25) is 0 Å². The van der Waals surface area contributed by atoms with Gasteiger partial charge >= 0.3 is 5.97 Å². The lowest BCUT2D eigenvalue weighted by Gasteiger charge is -2.05. The highest BCUT2D eigenvalue weighted by Gasteiger charge is 2.09. The average Bonchev–Trinajstić information content (AvgIpc) is 2.29. The molecule has 1 aromatic carbocycles. The van der Waals surface area contributed by atoms with Crippen molar-refractivity contribution in [3.63, 3.8) is 0 Å². The van der Waals surface area contributed by atoms with Crippen LogP contribution in [0, 0.1) is 0 Å². The van der Waals surface area contributed by atoms with E-state index in [-0.39, 0.29) is 13.2 Å². The third-order valence-corrected chi connectivity index (χ3v) is 1.72. The fraction of sp³-hybridized carbons (Fsp3) is 0.333. The van der Waals surface area contributed by atoms with Crippen LogP contribution in [-0.4, -0.2) is 35.4 Å². The average molecular weight is 255 g/mol. The number of carboxylic acid groups (broad SMARTS) is 1. The molecule has 0 aliphatic heterocycles. The minimum absolute atomic E-state index is 0.0115. The molecule has 0 spiro atoms. The summed E-state index contributed by atoms with van der Waals surface area (Å²) in [7, 11) is 0. The maximum Gasteiger partial charge on any atom is 0.340 e. The largest absolute Gasteiger partial charge is 0.481 e. The first-order valence-electron chi connectivity index (χ1n) is 5.31. The van der Waals surface area contributed by atoms with Gasteiger partial charge in [-0.15, -0.1) is 0 Å². The smallest absolute Gasteiger partial charge is 0.340 e. The molecule has 0 saturated heterocycles. The first-order chi connectivity index (χ1) is 8.49. The van der Waals surface area contributed by atoms with Gasteiger partial charge in [0.15, 0.2) is 0 Å². The van der Waals surface area contributed by atoms with Crippen molar-refractivity contribution < 1.29 is 24.5 Å². The van der Waals surface area contributed by atoms with Crippen molar-refractivity contribution >= 4 is 17.6 Å². The van der Waals surface area contributed by atoms with Gasteiger partial charge in [0.25, 0.3) is 5.97 Å². The number of esters is 1. The summed E-state index contributed by atoms with van der Waals surface area (Å²) in [6.45, 7) is 1.31. The lowest BCUT2D eigenvalue weighted by Crippen LogP contribution is -2.09. The molecular formula is C12H17NO5. The molecule has 6 heteroatoms. The number of anilines is 1. The van der Waals surface area contributed by atoms with Gasteiger partial charge in [-0.2, -0.15) is 0 Å². The Balaban J connectivity index is 0.000000631. The van der Waals surface area contributed by atoms with Gasteiger partial charge < -0.3 is 20.7 Å². The molecule has 1 rings (SSSR count). The van der Waals surface area contributed by atoms with Gasteiger partial charge in [0, 0.05) is 25.6 Å². The number of aliphatic hydroxyl groups excluding tert-OH is 1. The lowest BCUT2D eigenvalue weighted by atomic mass is 10.2. The molecule has 0 radical (unpaired) electrons. The van der Waals surface area contributed by atoms with Crippen molar-refractivity contribution in [2.45, 2.75) is 13.3 Å². The third kappa shape index (κ3) is 7.24. The van der Waals surface area contributed by atoms with Crippen LogP contribution in [0.25, 0.3) is 0 Å².